The van der Waals surface area contributed by atoms with E-state index in [9.17, 15) is 8.42 Å². The highest BCUT2D eigenvalue weighted by atomic mass is 32.2. The van der Waals surface area contributed by atoms with Gasteiger partial charge in [0, 0.05) is 0 Å². The average molecular weight is 227 g/mol. The number of hydrogen-bond acceptors (Lipinski definition) is 4. The van der Waals surface area contributed by atoms with Crippen LogP contribution >= 0.6 is 0 Å². The zero-order valence-electron chi connectivity index (χ0n) is 7.89. The van der Waals surface area contributed by atoms with Crippen LogP contribution in [0.2, 0.25) is 0 Å². The number of nitrogens with one attached hydrogen (secondary N) is 2. The van der Waals surface area contributed by atoms with E-state index in [0.717, 1.165) is 5.75 Å². The molecule has 7 heteroatoms. The quantitative estimate of drug-likeness (QED) is 0.653. The minimum Gasteiger partial charge on any atom is -0.497 e. The second-order valence-corrected chi connectivity index (χ2v) is 3.96. The summed E-state index contributed by atoms with van der Waals surface area (Å²) in [6.45, 7) is 0. The maximum atomic E-state index is 9.52. The van der Waals surface area contributed by atoms with Crippen LogP contribution in [0.15, 0.2) is 24.3 Å². The Morgan fingerprint density at radius 3 is 2.00 bits per heavy atom. The first-order chi connectivity index (χ1) is 7.07. The molecule has 1 aromatic carbocycles. The lowest BCUT2D eigenvalue weighted by Crippen LogP contribution is -1.81. The Hall–Kier alpha value is -1.62. The molecule has 0 bridgehead atoms. The summed E-state index contributed by atoms with van der Waals surface area (Å²) in [5.41, 5.74) is 0.654. The van der Waals surface area contributed by atoms with E-state index >= 15 is 0 Å². The molecule has 2 N–H and O–H groups in total. The van der Waals surface area contributed by atoms with E-state index in [-0.39, 0.29) is 0 Å². The highest BCUT2D eigenvalue weighted by Crippen LogP contribution is 2.09. The fourth-order valence-corrected chi connectivity index (χ4v) is 0.972. The molecular weight excluding hydrogens is 218 g/mol. The predicted molar refractivity (Wildman–Crippen MR) is 52.9 cm³/mol. The first-order valence-electron chi connectivity index (χ1n) is 3.90. The van der Waals surface area contributed by atoms with Crippen molar-refractivity contribution in [2.75, 3.05) is 7.11 Å². The van der Waals surface area contributed by atoms with Crippen molar-refractivity contribution in [1.29, 1.82) is 5.26 Å². The summed E-state index contributed by atoms with van der Waals surface area (Å²) in [5.74, 6) is 0.777. The number of hydrazine groups is 1. The fraction of sp³-hybridized carbons (Fsp3) is 0.125. The minimum absolute atomic E-state index is 0.654. The third-order valence-electron chi connectivity index (χ3n) is 1.49. The Kier molecular flexibility index (Phi) is 3.62. The van der Waals surface area contributed by atoms with Gasteiger partial charge in [0.2, 0.25) is 0 Å². The molecule has 0 aromatic heterocycles. The van der Waals surface area contributed by atoms with Crippen LogP contribution in [-0.2, 0) is 10.2 Å². The largest absolute Gasteiger partial charge is 0.497 e. The molecule has 0 saturated carbocycles. The van der Waals surface area contributed by atoms with E-state index < -0.39 is 10.2 Å². The SMILES string of the molecule is COc1ccc(C#N)cc1.O=S1(=O)NN1. The van der Waals surface area contributed by atoms with E-state index in [1.54, 1.807) is 31.4 Å². The first kappa shape index (κ1) is 11.5. The number of hydrogen-bond donors (Lipinski definition) is 2. The topological polar surface area (TPSA) is 111 Å². The van der Waals surface area contributed by atoms with Crippen molar-refractivity contribution < 1.29 is 13.2 Å². The molecule has 1 aliphatic rings. The molecule has 6 nitrogen and oxygen atoms in total. The molecule has 15 heavy (non-hydrogen) atoms. The molecule has 1 saturated heterocycles. The Balaban J connectivity index is 0.000000187. The van der Waals surface area contributed by atoms with E-state index in [1.807, 2.05) is 15.7 Å². The van der Waals surface area contributed by atoms with E-state index in [0.29, 0.717) is 5.56 Å². The molecule has 0 atom stereocenters. The molecule has 0 unspecified atom stereocenters. The van der Waals surface area contributed by atoms with Gasteiger partial charge in [-0.1, -0.05) is 0 Å². The van der Waals surface area contributed by atoms with Gasteiger partial charge in [-0.25, -0.2) is 0 Å². The summed E-state index contributed by atoms with van der Waals surface area (Å²) < 4.78 is 23.9. The van der Waals surface area contributed by atoms with Gasteiger partial charge in [0.25, 0.3) is 0 Å². The number of rotatable bonds is 1. The maximum Gasteiger partial charge on any atom is 0.304 e. The monoisotopic (exact) mass is 227 g/mol. The van der Waals surface area contributed by atoms with Gasteiger partial charge in [0.05, 0.1) is 18.7 Å². The minimum atomic E-state index is -2.92. The molecule has 0 aliphatic carbocycles. The molecule has 2 rings (SSSR count). The summed E-state index contributed by atoms with van der Waals surface area (Å²) in [6, 6.07) is 8.99. The van der Waals surface area contributed by atoms with Crippen LogP contribution in [-0.4, -0.2) is 15.5 Å². The van der Waals surface area contributed by atoms with Crippen LogP contribution in [0.25, 0.3) is 0 Å². The number of methoxy groups -OCH3 is 1. The van der Waals surface area contributed by atoms with Gasteiger partial charge in [0.15, 0.2) is 0 Å². The van der Waals surface area contributed by atoms with Crippen molar-refractivity contribution in [3.05, 3.63) is 29.8 Å². The van der Waals surface area contributed by atoms with Gasteiger partial charge in [0.1, 0.15) is 5.75 Å². The van der Waals surface area contributed by atoms with Crippen LogP contribution in [0.4, 0.5) is 0 Å². The van der Waals surface area contributed by atoms with Gasteiger partial charge in [-0.3, -0.25) is 0 Å². The Labute approximate surface area is 87.6 Å². The Bertz CT molecular complexity index is 451. The first-order valence-corrected chi connectivity index (χ1v) is 5.38. The molecule has 80 valence electrons. The molecule has 0 amide bonds. The fourth-order valence-electron chi connectivity index (χ4n) is 0.700. The van der Waals surface area contributed by atoms with Crippen molar-refractivity contribution in [3.63, 3.8) is 0 Å². The summed E-state index contributed by atoms with van der Waals surface area (Å²) in [4.78, 5) is 3.79. The second-order valence-electron chi connectivity index (χ2n) is 2.55. The third-order valence-corrected chi connectivity index (χ3v) is 2.03. The van der Waals surface area contributed by atoms with Crippen molar-refractivity contribution in [2.45, 2.75) is 0 Å². The highest BCUT2D eigenvalue weighted by molar-refractivity contribution is 7.93. The van der Waals surface area contributed by atoms with Crippen LogP contribution in [0, 0.1) is 11.3 Å². The molecule has 1 heterocycles. The van der Waals surface area contributed by atoms with Crippen molar-refractivity contribution in [1.82, 2.24) is 9.66 Å². The van der Waals surface area contributed by atoms with E-state index in [2.05, 4.69) is 0 Å². The van der Waals surface area contributed by atoms with E-state index in [1.165, 1.54) is 0 Å². The number of benzene rings is 1. The molecular formula is C8H9N3O3S. The van der Waals surface area contributed by atoms with Gasteiger partial charge < -0.3 is 4.74 Å². The molecule has 0 spiro atoms. The zero-order valence-corrected chi connectivity index (χ0v) is 8.71. The van der Waals surface area contributed by atoms with E-state index in [4.69, 9.17) is 10.00 Å². The van der Waals surface area contributed by atoms with Gasteiger partial charge in [-0.15, -0.1) is 9.66 Å². The standard InChI is InChI=1S/C8H7NO.H2N2O2S/c1-10-8-4-2-7(6-9)3-5-8;3-5(4)1-2-5/h2-5H,1H3;1-2H. The van der Waals surface area contributed by atoms with Crippen molar-refractivity contribution in [3.8, 4) is 11.8 Å². The maximum absolute atomic E-state index is 9.52. The number of nitriles is 1. The van der Waals surface area contributed by atoms with Crippen LogP contribution in [0.1, 0.15) is 5.56 Å². The normalized spacial score (nSPS) is 15.5. The number of nitrogens with zero attached hydrogens (tertiary/aromatic N) is 1. The zero-order chi connectivity index (χ0) is 11.3. The molecule has 1 fully saturated rings. The second kappa shape index (κ2) is 4.75. The molecule has 1 aliphatic heterocycles. The summed E-state index contributed by atoms with van der Waals surface area (Å²) in [6.07, 6.45) is 0. The van der Waals surface area contributed by atoms with Crippen LogP contribution in [0.5, 0.6) is 5.75 Å². The summed E-state index contributed by atoms with van der Waals surface area (Å²) >= 11 is 0. The average Bonchev–Trinajstić information content (AvgIpc) is 2.95. The lowest BCUT2D eigenvalue weighted by Gasteiger charge is -1.96. The molecule has 1 aromatic rings. The lowest BCUT2D eigenvalue weighted by molar-refractivity contribution is 0.415. The Morgan fingerprint density at radius 2 is 1.73 bits per heavy atom. The van der Waals surface area contributed by atoms with Crippen molar-refractivity contribution in [2.24, 2.45) is 0 Å². The summed E-state index contributed by atoms with van der Waals surface area (Å²) in [5, 5.41) is 8.41. The third kappa shape index (κ3) is 4.42. The Morgan fingerprint density at radius 1 is 1.27 bits per heavy atom. The number of ether oxygens (including phenoxy) is 1. The smallest absolute Gasteiger partial charge is 0.304 e. The van der Waals surface area contributed by atoms with Gasteiger partial charge in [-0.05, 0) is 24.3 Å². The molecule has 0 radical (unpaired) electrons. The van der Waals surface area contributed by atoms with Crippen molar-refractivity contribution >= 4 is 10.2 Å². The van der Waals surface area contributed by atoms with Crippen LogP contribution in [0.3, 0.4) is 0 Å². The van der Waals surface area contributed by atoms with Gasteiger partial charge in [-0.2, -0.15) is 13.7 Å². The lowest BCUT2D eigenvalue weighted by atomic mass is 10.2. The van der Waals surface area contributed by atoms with Crippen LogP contribution < -0.4 is 14.4 Å². The predicted octanol–water partition coefficient (Wildman–Crippen LogP) is -0.0941. The highest BCUT2D eigenvalue weighted by Gasteiger charge is 2.22. The van der Waals surface area contributed by atoms with Gasteiger partial charge >= 0.3 is 10.2 Å². The summed E-state index contributed by atoms with van der Waals surface area (Å²) in [7, 11) is -1.32.